The SMILES string of the molecule is COCC1CCN(C(=O)c2cc(COc3c(C)cccc3C)on2)C1. The van der Waals surface area contributed by atoms with Gasteiger partial charge in [-0.05, 0) is 31.4 Å². The quantitative estimate of drug-likeness (QED) is 0.806. The van der Waals surface area contributed by atoms with Gasteiger partial charge >= 0.3 is 0 Å². The zero-order valence-electron chi connectivity index (χ0n) is 14.9. The normalized spacial score (nSPS) is 17.1. The Morgan fingerprint density at radius 2 is 2.12 bits per heavy atom. The van der Waals surface area contributed by atoms with E-state index in [0.717, 1.165) is 29.8 Å². The predicted octanol–water partition coefficient (Wildman–Crippen LogP) is 2.98. The molecule has 0 saturated carbocycles. The molecule has 1 aromatic carbocycles. The lowest BCUT2D eigenvalue weighted by atomic mass is 10.1. The number of aryl methyl sites for hydroxylation is 2. The first kappa shape index (κ1) is 17.5. The topological polar surface area (TPSA) is 64.8 Å². The van der Waals surface area contributed by atoms with Crippen molar-refractivity contribution in [3.05, 3.63) is 46.8 Å². The summed E-state index contributed by atoms with van der Waals surface area (Å²) in [6, 6.07) is 7.66. The number of rotatable bonds is 6. The van der Waals surface area contributed by atoms with Gasteiger partial charge in [-0.2, -0.15) is 0 Å². The minimum Gasteiger partial charge on any atom is -0.485 e. The van der Waals surface area contributed by atoms with E-state index < -0.39 is 0 Å². The molecule has 2 aromatic rings. The summed E-state index contributed by atoms with van der Waals surface area (Å²) in [6.07, 6.45) is 0.958. The van der Waals surface area contributed by atoms with E-state index in [9.17, 15) is 4.79 Å². The summed E-state index contributed by atoms with van der Waals surface area (Å²) in [7, 11) is 1.69. The summed E-state index contributed by atoms with van der Waals surface area (Å²) < 4.78 is 16.3. The average Bonchev–Trinajstić information content (AvgIpc) is 3.24. The van der Waals surface area contributed by atoms with Crippen LogP contribution in [0.3, 0.4) is 0 Å². The molecule has 0 bridgehead atoms. The maximum Gasteiger partial charge on any atom is 0.276 e. The van der Waals surface area contributed by atoms with Gasteiger partial charge in [-0.25, -0.2) is 0 Å². The Morgan fingerprint density at radius 1 is 1.36 bits per heavy atom. The first-order chi connectivity index (χ1) is 12.1. The minimum atomic E-state index is -0.0966. The average molecular weight is 344 g/mol. The lowest BCUT2D eigenvalue weighted by Crippen LogP contribution is -2.29. The van der Waals surface area contributed by atoms with Crippen LogP contribution in [0.4, 0.5) is 0 Å². The van der Waals surface area contributed by atoms with Crippen molar-refractivity contribution in [3.8, 4) is 5.75 Å². The zero-order chi connectivity index (χ0) is 17.8. The monoisotopic (exact) mass is 344 g/mol. The Kier molecular flexibility index (Phi) is 5.38. The van der Waals surface area contributed by atoms with Gasteiger partial charge in [-0.15, -0.1) is 0 Å². The van der Waals surface area contributed by atoms with E-state index in [1.54, 1.807) is 18.1 Å². The van der Waals surface area contributed by atoms with E-state index in [1.807, 2.05) is 32.0 Å². The predicted molar refractivity (Wildman–Crippen MR) is 92.6 cm³/mol. The van der Waals surface area contributed by atoms with Crippen molar-refractivity contribution in [1.82, 2.24) is 10.1 Å². The molecule has 1 aromatic heterocycles. The molecule has 1 aliphatic heterocycles. The molecule has 3 rings (SSSR count). The fourth-order valence-electron chi connectivity index (χ4n) is 3.20. The molecule has 0 radical (unpaired) electrons. The van der Waals surface area contributed by atoms with Crippen molar-refractivity contribution in [1.29, 1.82) is 0 Å². The molecular formula is C19H24N2O4. The highest BCUT2D eigenvalue weighted by atomic mass is 16.5. The smallest absolute Gasteiger partial charge is 0.276 e. The van der Waals surface area contributed by atoms with E-state index >= 15 is 0 Å². The van der Waals surface area contributed by atoms with Crippen LogP contribution in [0.15, 0.2) is 28.8 Å². The largest absolute Gasteiger partial charge is 0.485 e. The van der Waals surface area contributed by atoms with Gasteiger partial charge in [-0.1, -0.05) is 23.4 Å². The van der Waals surface area contributed by atoms with Crippen LogP contribution in [0.5, 0.6) is 5.75 Å². The molecule has 1 aliphatic rings. The number of ether oxygens (including phenoxy) is 2. The van der Waals surface area contributed by atoms with Crippen molar-refractivity contribution < 1.29 is 18.8 Å². The maximum atomic E-state index is 12.5. The number of nitrogens with zero attached hydrogens (tertiary/aromatic N) is 2. The number of amides is 1. The number of hydrogen-bond acceptors (Lipinski definition) is 5. The second-order valence-corrected chi connectivity index (χ2v) is 6.55. The number of carbonyl (C=O) groups is 1. The Labute approximate surface area is 147 Å². The highest BCUT2D eigenvalue weighted by Gasteiger charge is 2.28. The van der Waals surface area contributed by atoms with Gasteiger partial charge in [0, 0.05) is 32.2 Å². The third kappa shape index (κ3) is 4.02. The number of hydrogen-bond donors (Lipinski definition) is 0. The standard InChI is InChI=1S/C19H24N2O4/c1-13-5-4-6-14(2)18(13)24-12-16-9-17(20-25-16)19(22)21-8-7-15(10-21)11-23-3/h4-6,9,15H,7-8,10-12H2,1-3H3. The summed E-state index contributed by atoms with van der Waals surface area (Å²) in [5.74, 6) is 1.68. The number of aromatic nitrogens is 1. The molecule has 0 spiro atoms. The second kappa shape index (κ2) is 7.70. The number of methoxy groups -OCH3 is 1. The van der Waals surface area contributed by atoms with E-state index in [4.69, 9.17) is 14.0 Å². The van der Waals surface area contributed by atoms with Crippen LogP contribution in [-0.4, -0.2) is 42.8 Å². The van der Waals surface area contributed by atoms with Crippen molar-refractivity contribution in [2.24, 2.45) is 5.92 Å². The van der Waals surface area contributed by atoms with Crippen LogP contribution < -0.4 is 4.74 Å². The Hall–Kier alpha value is -2.34. The molecule has 6 nitrogen and oxygen atoms in total. The molecule has 0 N–H and O–H groups in total. The van der Waals surface area contributed by atoms with Crippen LogP contribution in [0.2, 0.25) is 0 Å². The fourth-order valence-corrected chi connectivity index (χ4v) is 3.20. The summed E-state index contributed by atoms with van der Waals surface area (Å²) >= 11 is 0. The lowest BCUT2D eigenvalue weighted by Gasteiger charge is -2.14. The van der Waals surface area contributed by atoms with Gasteiger partial charge in [0.1, 0.15) is 12.4 Å². The fraction of sp³-hybridized carbons (Fsp3) is 0.474. The van der Waals surface area contributed by atoms with Gasteiger partial charge in [0.05, 0.1) is 6.61 Å². The van der Waals surface area contributed by atoms with Gasteiger partial charge in [0.2, 0.25) is 0 Å². The summed E-state index contributed by atoms with van der Waals surface area (Å²) in [6.45, 7) is 6.36. The molecule has 1 atom stereocenters. The van der Waals surface area contributed by atoms with Crippen LogP contribution in [0.25, 0.3) is 0 Å². The first-order valence-electron chi connectivity index (χ1n) is 8.51. The molecule has 1 amide bonds. The molecule has 6 heteroatoms. The number of likely N-dealkylation sites (tertiary alicyclic amines) is 1. The van der Waals surface area contributed by atoms with E-state index in [2.05, 4.69) is 5.16 Å². The molecular weight excluding hydrogens is 320 g/mol. The van der Waals surface area contributed by atoms with Crippen molar-refractivity contribution in [3.63, 3.8) is 0 Å². The Bertz CT molecular complexity index is 721. The van der Waals surface area contributed by atoms with Gasteiger partial charge in [-0.3, -0.25) is 4.79 Å². The molecule has 1 fully saturated rings. The summed E-state index contributed by atoms with van der Waals surface area (Å²) in [4.78, 5) is 14.3. The summed E-state index contributed by atoms with van der Waals surface area (Å²) in [5, 5.41) is 3.91. The molecule has 25 heavy (non-hydrogen) atoms. The second-order valence-electron chi connectivity index (χ2n) is 6.55. The van der Waals surface area contributed by atoms with Gasteiger partial charge in [0.15, 0.2) is 11.5 Å². The highest BCUT2D eigenvalue weighted by molar-refractivity contribution is 5.92. The Balaban J connectivity index is 1.60. The van der Waals surface area contributed by atoms with Gasteiger partial charge < -0.3 is 18.9 Å². The molecule has 2 heterocycles. The Morgan fingerprint density at radius 3 is 2.84 bits per heavy atom. The highest BCUT2D eigenvalue weighted by Crippen LogP contribution is 2.24. The van der Waals surface area contributed by atoms with Crippen LogP contribution in [0, 0.1) is 19.8 Å². The van der Waals surface area contributed by atoms with Crippen LogP contribution in [-0.2, 0) is 11.3 Å². The van der Waals surface area contributed by atoms with Crippen molar-refractivity contribution in [2.75, 3.05) is 26.8 Å². The molecule has 1 unspecified atom stereocenters. The minimum absolute atomic E-state index is 0.0966. The van der Waals surface area contributed by atoms with E-state index in [-0.39, 0.29) is 12.5 Å². The van der Waals surface area contributed by atoms with Crippen molar-refractivity contribution in [2.45, 2.75) is 26.9 Å². The lowest BCUT2D eigenvalue weighted by molar-refractivity contribution is 0.0765. The van der Waals surface area contributed by atoms with Crippen LogP contribution >= 0.6 is 0 Å². The maximum absolute atomic E-state index is 12.5. The number of benzene rings is 1. The van der Waals surface area contributed by atoms with Crippen LogP contribution in [0.1, 0.15) is 33.8 Å². The summed E-state index contributed by atoms with van der Waals surface area (Å²) in [5.41, 5.74) is 2.47. The molecule has 1 saturated heterocycles. The van der Waals surface area contributed by atoms with E-state index in [0.29, 0.717) is 30.5 Å². The third-order valence-electron chi connectivity index (χ3n) is 4.52. The van der Waals surface area contributed by atoms with Gasteiger partial charge in [0.25, 0.3) is 5.91 Å². The van der Waals surface area contributed by atoms with Crippen molar-refractivity contribution >= 4 is 5.91 Å². The first-order valence-corrected chi connectivity index (χ1v) is 8.51. The third-order valence-corrected chi connectivity index (χ3v) is 4.52. The number of carbonyl (C=O) groups excluding carboxylic acids is 1. The molecule has 134 valence electrons. The van der Waals surface area contributed by atoms with E-state index in [1.165, 1.54) is 0 Å². The number of para-hydroxylation sites is 1. The zero-order valence-corrected chi connectivity index (χ0v) is 14.9. The molecule has 0 aliphatic carbocycles.